The summed E-state index contributed by atoms with van der Waals surface area (Å²) in [7, 11) is 0. The number of rotatable bonds is 7. The standard InChI is InChI=1S/C9H18N2O3/c1-7(2)11(5-3-8(10)12)6-4-9(13)14/h7H,3-6H2,1-2H3,(H2,10,12)(H,13,14). The number of hydrogen-bond donors (Lipinski definition) is 2. The molecule has 0 unspecified atom stereocenters. The lowest BCUT2D eigenvalue weighted by Crippen LogP contribution is -2.35. The summed E-state index contributed by atoms with van der Waals surface area (Å²) in [5.41, 5.74) is 5.01. The summed E-state index contributed by atoms with van der Waals surface area (Å²) in [5.74, 6) is -1.18. The molecule has 0 saturated carbocycles. The molecule has 0 aliphatic carbocycles. The van der Waals surface area contributed by atoms with Gasteiger partial charge in [-0.25, -0.2) is 0 Å². The summed E-state index contributed by atoms with van der Waals surface area (Å²) in [4.78, 5) is 22.8. The molecule has 5 heteroatoms. The van der Waals surface area contributed by atoms with E-state index in [1.165, 1.54) is 0 Å². The molecule has 0 saturated heterocycles. The van der Waals surface area contributed by atoms with Crippen molar-refractivity contribution in [3.63, 3.8) is 0 Å². The van der Waals surface area contributed by atoms with E-state index in [0.717, 1.165) is 0 Å². The van der Waals surface area contributed by atoms with Crippen LogP contribution in [0.1, 0.15) is 26.7 Å². The Bertz CT molecular complexity index is 186. The van der Waals surface area contributed by atoms with Crippen LogP contribution >= 0.6 is 0 Å². The van der Waals surface area contributed by atoms with Gasteiger partial charge in [0.1, 0.15) is 0 Å². The Morgan fingerprint density at radius 3 is 2.14 bits per heavy atom. The van der Waals surface area contributed by atoms with Crippen molar-refractivity contribution >= 4 is 11.9 Å². The van der Waals surface area contributed by atoms with Crippen molar-refractivity contribution in [2.75, 3.05) is 13.1 Å². The highest BCUT2D eigenvalue weighted by Gasteiger charge is 2.11. The highest BCUT2D eigenvalue weighted by molar-refractivity contribution is 5.73. The van der Waals surface area contributed by atoms with Crippen molar-refractivity contribution in [2.45, 2.75) is 32.7 Å². The highest BCUT2D eigenvalue weighted by atomic mass is 16.4. The molecule has 0 heterocycles. The van der Waals surface area contributed by atoms with Gasteiger partial charge in [0.05, 0.1) is 6.42 Å². The van der Waals surface area contributed by atoms with Crippen molar-refractivity contribution in [1.29, 1.82) is 0 Å². The fourth-order valence-electron chi connectivity index (χ4n) is 1.12. The molecule has 0 aromatic carbocycles. The predicted molar refractivity (Wildman–Crippen MR) is 52.8 cm³/mol. The zero-order chi connectivity index (χ0) is 11.1. The van der Waals surface area contributed by atoms with Crippen LogP contribution in [0, 0.1) is 0 Å². The van der Waals surface area contributed by atoms with Gasteiger partial charge in [0.15, 0.2) is 0 Å². The van der Waals surface area contributed by atoms with Gasteiger partial charge in [-0.15, -0.1) is 0 Å². The lowest BCUT2D eigenvalue weighted by Gasteiger charge is -2.24. The predicted octanol–water partition coefficient (Wildman–Crippen LogP) is 0.0469. The molecule has 0 aromatic heterocycles. The Kier molecular flexibility index (Phi) is 5.87. The third kappa shape index (κ3) is 6.42. The van der Waals surface area contributed by atoms with Crippen molar-refractivity contribution in [1.82, 2.24) is 4.90 Å². The number of amides is 1. The normalized spacial score (nSPS) is 10.9. The molecule has 3 N–H and O–H groups in total. The summed E-state index contributed by atoms with van der Waals surface area (Å²) < 4.78 is 0. The number of carbonyl (C=O) groups excluding carboxylic acids is 1. The minimum absolute atomic E-state index is 0.0942. The van der Waals surface area contributed by atoms with Gasteiger partial charge in [-0.2, -0.15) is 0 Å². The van der Waals surface area contributed by atoms with E-state index in [9.17, 15) is 9.59 Å². The van der Waals surface area contributed by atoms with Gasteiger partial charge < -0.3 is 10.8 Å². The molecule has 1 amide bonds. The molecule has 0 aromatic rings. The largest absolute Gasteiger partial charge is 0.481 e. The average Bonchev–Trinajstić information content (AvgIpc) is 2.02. The van der Waals surface area contributed by atoms with Crippen LogP contribution in [0.3, 0.4) is 0 Å². The molecule has 0 bridgehead atoms. The molecule has 82 valence electrons. The lowest BCUT2D eigenvalue weighted by molar-refractivity contribution is -0.137. The number of nitrogens with zero attached hydrogens (tertiary/aromatic N) is 1. The molecule has 5 nitrogen and oxygen atoms in total. The van der Waals surface area contributed by atoms with Gasteiger partial charge in [-0.1, -0.05) is 0 Å². The Labute approximate surface area is 83.9 Å². The van der Waals surface area contributed by atoms with Gasteiger partial charge in [0.2, 0.25) is 5.91 Å². The van der Waals surface area contributed by atoms with E-state index in [0.29, 0.717) is 13.1 Å². The molecule has 0 atom stereocenters. The first-order valence-electron chi connectivity index (χ1n) is 4.67. The third-order valence-electron chi connectivity index (χ3n) is 1.99. The molecular weight excluding hydrogens is 184 g/mol. The lowest BCUT2D eigenvalue weighted by atomic mass is 10.2. The molecule has 0 fully saturated rings. The topological polar surface area (TPSA) is 83.6 Å². The smallest absolute Gasteiger partial charge is 0.304 e. The number of carbonyl (C=O) groups is 2. The van der Waals surface area contributed by atoms with E-state index in [-0.39, 0.29) is 24.8 Å². The fraction of sp³-hybridized carbons (Fsp3) is 0.778. The second kappa shape index (κ2) is 6.37. The van der Waals surface area contributed by atoms with Crippen molar-refractivity contribution < 1.29 is 14.7 Å². The second-order valence-corrected chi connectivity index (χ2v) is 3.49. The molecule has 0 aliphatic heterocycles. The van der Waals surface area contributed by atoms with Gasteiger partial charge in [-0.05, 0) is 13.8 Å². The Morgan fingerprint density at radius 2 is 1.79 bits per heavy atom. The van der Waals surface area contributed by atoms with Gasteiger partial charge in [-0.3, -0.25) is 14.5 Å². The second-order valence-electron chi connectivity index (χ2n) is 3.49. The average molecular weight is 202 g/mol. The Morgan fingerprint density at radius 1 is 1.29 bits per heavy atom. The molecular formula is C9H18N2O3. The van der Waals surface area contributed by atoms with Crippen LogP contribution in [0.15, 0.2) is 0 Å². The zero-order valence-corrected chi connectivity index (χ0v) is 8.69. The van der Waals surface area contributed by atoms with E-state index in [4.69, 9.17) is 10.8 Å². The maximum Gasteiger partial charge on any atom is 0.304 e. The van der Waals surface area contributed by atoms with E-state index in [1.807, 2.05) is 18.7 Å². The van der Waals surface area contributed by atoms with E-state index in [1.54, 1.807) is 0 Å². The first-order valence-corrected chi connectivity index (χ1v) is 4.67. The highest BCUT2D eigenvalue weighted by Crippen LogP contribution is 2.01. The SMILES string of the molecule is CC(C)N(CCC(N)=O)CCC(=O)O. The fourth-order valence-corrected chi connectivity index (χ4v) is 1.12. The first kappa shape index (κ1) is 12.9. The molecule has 0 radical (unpaired) electrons. The number of hydrogen-bond acceptors (Lipinski definition) is 3. The minimum atomic E-state index is -0.824. The van der Waals surface area contributed by atoms with Crippen molar-refractivity contribution in [3.8, 4) is 0 Å². The van der Waals surface area contributed by atoms with Gasteiger partial charge >= 0.3 is 5.97 Å². The van der Waals surface area contributed by atoms with Crippen LogP contribution < -0.4 is 5.73 Å². The number of nitrogens with two attached hydrogens (primary N) is 1. The Balaban J connectivity index is 3.89. The summed E-state index contributed by atoms with van der Waals surface area (Å²) in [5, 5.41) is 8.50. The monoisotopic (exact) mass is 202 g/mol. The third-order valence-corrected chi connectivity index (χ3v) is 1.99. The quantitative estimate of drug-likeness (QED) is 0.611. The van der Waals surface area contributed by atoms with Crippen molar-refractivity contribution in [3.05, 3.63) is 0 Å². The summed E-state index contributed by atoms with van der Waals surface area (Å²) in [6.07, 6.45) is 0.370. The van der Waals surface area contributed by atoms with Crippen LogP contribution in [0.25, 0.3) is 0 Å². The van der Waals surface area contributed by atoms with E-state index < -0.39 is 5.97 Å². The van der Waals surface area contributed by atoms with Crippen LogP contribution in [0.5, 0.6) is 0 Å². The first-order chi connectivity index (χ1) is 6.43. The molecule has 14 heavy (non-hydrogen) atoms. The minimum Gasteiger partial charge on any atom is -0.481 e. The molecule has 0 spiro atoms. The maximum atomic E-state index is 10.5. The van der Waals surface area contributed by atoms with Crippen LogP contribution in [-0.2, 0) is 9.59 Å². The van der Waals surface area contributed by atoms with E-state index in [2.05, 4.69) is 0 Å². The summed E-state index contributed by atoms with van der Waals surface area (Å²) >= 11 is 0. The maximum absolute atomic E-state index is 10.5. The van der Waals surface area contributed by atoms with E-state index >= 15 is 0 Å². The number of carboxylic acids is 1. The number of primary amides is 1. The van der Waals surface area contributed by atoms with Gasteiger partial charge in [0.25, 0.3) is 0 Å². The van der Waals surface area contributed by atoms with Crippen LogP contribution in [-0.4, -0.2) is 41.0 Å². The molecule has 0 rings (SSSR count). The van der Waals surface area contributed by atoms with Gasteiger partial charge in [0, 0.05) is 25.6 Å². The van der Waals surface area contributed by atoms with Crippen LogP contribution in [0.4, 0.5) is 0 Å². The van der Waals surface area contributed by atoms with Crippen LogP contribution in [0.2, 0.25) is 0 Å². The summed E-state index contributed by atoms with van der Waals surface area (Å²) in [6, 6.07) is 0.230. The Hall–Kier alpha value is -1.10. The number of carboxylic acid groups (broad SMARTS) is 1. The zero-order valence-electron chi connectivity index (χ0n) is 8.69. The summed E-state index contributed by atoms with van der Waals surface area (Å²) in [6.45, 7) is 4.91. The van der Waals surface area contributed by atoms with Crippen molar-refractivity contribution in [2.24, 2.45) is 5.73 Å². The number of aliphatic carboxylic acids is 1. The molecule has 0 aliphatic rings.